The number of allylic oxidation sites excluding steroid dienone is 3. The van der Waals surface area contributed by atoms with Gasteiger partial charge in [-0.2, -0.15) is 0 Å². The van der Waals surface area contributed by atoms with E-state index in [4.69, 9.17) is 14.2 Å². The number of methoxy groups -OCH3 is 1. The fourth-order valence-electron chi connectivity index (χ4n) is 2.95. The van der Waals surface area contributed by atoms with Crippen LogP contribution in [0.15, 0.2) is 36.5 Å². The molecule has 0 aromatic carbocycles. The van der Waals surface area contributed by atoms with Crippen LogP contribution in [0, 0.1) is 0 Å². The van der Waals surface area contributed by atoms with Crippen molar-refractivity contribution in [3.05, 3.63) is 36.5 Å². The lowest BCUT2D eigenvalue weighted by molar-refractivity contribution is -0.140. The minimum Gasteiger partial charge on any atom is -0.469 e. The first-order valence-corrected chi connectivity index (χ1v) is 10.6. The second-order valence-corrected chi connectivity index (χ2v) is 7.02. The van der Waals surface area contributed by atoms with Crippen molar-refractivity contribution in [1.82, 2.24) is 0 Å². The van der Waals surface area contributed by atoms with Crippen LogP contribution in [0.4, 0.5) is 4.79 Å². The molecule has 3 atom stereocenters. The average molecular weight is 423 g/mol. The Labute approximate surface area is 179 Å². The molecular weight excluding hydrogens is 388 g/mol. The van der Waals surface area contributed by atoms with Crippen LogP contribution in [0.1, 0.15) is 64.7 Å². The monoisotopic (exact) mass is 422 g/mol. The highest BCUT2D eigenvalue weighted by molar-refractivity contribution is 5.69. The maximum Gasteiger partial charge on any atom is 0.509 e. The molecule has 1 heterocycles. The lowest BCUT2D eigenvalue weighted by atomic mass is 10.1. The second kappa shape index (κ2) is 16.3. The number of hydrogen-bond acceptors (Lipinski definition) is 7. The molecular formula is C23H34O7. The zero-order chi connectivity index (χ0) is 22.0. The van der Waals surface area contributed by atoms with Crippen molar-refractivity contribution >= 4 is 18.6 Å². The number of carbonyl (C=O) groups excluding carboxylic acids is 3. The van der Waals surface area contributed by atoms with Gasteiger partial charge in [-0.15, -0.1) is 0 Å². The van der Waals surface area contributed by atoms with E-state index in [1.807, 2.05) is 24.3 Å². The molecule has 0 spiro atoms. The molecule has 1 aliphatic rings. The van der Waals surface area contributed by atoms with Crippen LogP contribution in [0.3, 0.4) is 0 Å². The van der Waals surface area contributed by atoms with Gasteiger partial charge in [-0.25, -0.2) is 4.79 Å². The third kappa shape index (κ3) is 11.4. The van der Waals surface area contributed by atoms with Crippen LogP contribution >= 0.6 is 0 Å². The molecule has 168 valence electrons. The molecule has 1 rings (SSSR count). The number of unbranched alkanes of at least 4 members (excludes halogenated alkanes) is 3. The summed E-state index contributed by atoms with van der Waals surface area (Å²) < 4.78 is 20.1. The molecule has 0 bridgehead atoms. The molecule has 0 radical (unpaired) electrons. The number of cyclic esters (lactones) is 2. The third-order valence-electron chi connectivity index (χ3n) is 4.64. The first-order valence-electron chi connectivity index (χ1n) is 10.6. The SMILES string of the molecule is CCCCC[C@@H](/C=C/[C@@H]1OC(=O)O[C@@H]1C/C=C\C/C=C\CCCC(=O)OC)OC=O. The van der Waals surface area contributed by atoms with Gasteiger partial charge in [0.05, 0.1) is 7.11 Å². The number of ether oxygens (including phenoxy) is 4. The predicted octanol–water partition coefficient (Wildman–Crippen LogP) is 4.80. The van der Waals surface area contributed by atoms with E-state index in [2.05, 4.69) is 11.7 Å². The van der Waals surface area contributed by atoms with Gasteiger partial charge < -0.3 is 18.9 Å². The van der Waals surface area contributed by atoms with E-state index >= 15 is 0 Å². The van der Waals surface area contributed by atoms with Crippen molar-refractivity contribution in [2.24, 2.45) is 0 Å². The second-order valence-electron chi connectivity index (χ2n) is 7.02. The van der Waals surface area contributed by atoms with Gasteiger partial charge in [0.1, 0.15) is 12.2 Å². The highest BCUT2D eigenvalue weighted by atomic mass is 16.8. The van der Waals surface area contributed by atoms with Crippen LogP contribution in [-0.4, -0.2) is 44.0 Å². The Bertz CT molecular complexity index is 594. The van der Waals surface area contributed by atoms with Gasteiger partial charge in [0.25, 0.3) is 6.47 Å². The summed E-state index contributed by atoms with van der Waals surface area (Å²) in [5.41, 5.74) is 0. The maximum absolute atomic E-state index is 11.5. The van der Waals surface area contributed by atoms with Crippen molar-refractivity contribution < 1.29 is 33.3 Å². The Morgan fingerprint density at radius 2 is 1.93 bits per heavy atom. The molecule has 7 heteroatoms. The van der Waals surface area contributed by atoms with E-state index in [0.717, 1.165) is 44.9 Å². The summed E-state index contributed by atoms with van der Waals surface area (Å²) >= 11 is 0. The molecule has 1 saturated heterocycles. The summed E-state index contributed by atoms with van der Waals surface area (Å²) in [6, 6.07) is 0. The summed E-state index contributed by atoms with van der Waals surface area (Å²) in [6.45, 7) is 2.56. The van der Waals surface area contributed by atoms with Gasteiger partial charge in [-0.3, -0.25) is 9.59 Å². The summed E-state index contributed by atoms with van der Waals surface area (Å²) in [5.74, 6) is -0.190. The number of esters is 1. The fourth-order valence-corrected chi connectivity index (χ4v) is 2.95. The molecule has 1 aliphatic heterocycles. The van der Waals surface area contributed by atoms with Gasteiger partial charge in [-0.1, -0.05) is 44.1 Å². The minimum absolute atomic E-state index is 0.190. The smallest absolute Gasteiger partial charge is 0.469 e. The summed E-state index contributed by atoms with van der Waals surface area (Å²) in [7, 11) is 1.39. The van der Waals surface area contributed by atoms with Gasteiger partial charge >= 0.3 is 12.1 Å². The topological polar surface area (TPSA) is 88.1 Å². The van der Waals surface area contributed by atoms with Crippen LogP contribution in [0.5, 0.6) is 0 Å². The van der Waals surface area contributed by atoms with Gasteiger partial charge in [-0.05, 0) is 44.3 Å². The number of rotatable bonds is 16. The first-order chi connectivity index (χ1) is 14.6. The van der Waals surface area contributed by atoms with E-state index in [9.17, 15) is 14.4 Å². The highest BCUT2D eigenvalue weighted by Gasteiger charge is 2.34. The van der Waals surface area contributed by atoms with E-state index in [-0.39, 0.29) is 12.1 Å². The molecule has 0 aromatic rings. The molecule has 0 amide bonds. The lowest BCUT2D eigenvalue weighted by Crippen LogP contribution is -2.20. The Morgan fingerprint density at radius 1 is 1.13 bits per heavy atom. The van der Waals surface area contributed by atoms with Crippen LogP contribution in [0.25, 0.3) is 0 Å². The van der Waals surface area contributed by atoms with Gasteiger partial charge in [0, 0.05) is 12.8 Å². The fraction of sp³-hybridized carbons (Fsp3) is 0.609. The molecule has 0 unspecified atom stereocenters. The molecule has 30 heavy (non-hydrogen) atoms. The molecule has 0 saturated carbocycles. The van der Waals surface area contributed by atoms with E-state index in [0.29, 0.717) is 19.3 Å². The molecule has 0 aromatic heterocycles. The first kappa shape index (κ1) is 25.5. The highest BCUT2D eigenvalue weighted by Crippen LogP contribution is 2.21. The third-order valence-corrected chi connectivity index (χ3v) is 4.64. The quantitative estimate of drug-likeness (QED) is 0.116. The average Bonchev–Trinajstić information content (AvgIpc) is 3.09. The minimum atomic E-state index is -0.688. The van der Waals surface area contributed by atoms with Crippen LogP contribution in [0.2, 0.25) is 0 Å². The molecule has 7 nitrogen and oxygen atoms in total. The van der Waals surface area contributed by atoms with Crippen molar-refractivity contribution in [1.29, 1.82) is 0 Å². The molecule has 0 N–H and O–H groups in total. The summed E-state index contributed by atoms with van der Waals surface area (Å²) in [4.78, 5) is 33.2. The Kier molecular flexibility index (Phi) is 13.8. The van der Waals surface area contributed by atoms with Gasteiger partial charge in [0.2, 0.25) is 0 Å². The van der Waals surface area contributed by atoms with Gasteiger partial charge in [0.15, 0.2) is 6.10 Å². The van der Waals surface area contributed by atoms with Crippen molar-refractivity contribution in [3.8, 4) is 0 Å². The molecule has 1 fully saturated rings. The largest absolute Gasteiger partial charge is 0.509 e. The van der Waals surface area contributed by atoms with E-state index in [1.165, 1.54) is 7.11 Å². The Morgan fingerprint density at radius 3 is 2.67 bits per heavy atom. The number of carbonyl (C=O) groups is 3. The van der Waals surface area contributed by atoms with E-state index < -0.39 is 18.4 Å². The standard InChI is InChI=1S/C23H34O7/c1-3-4-10-13-19(28-18-24)16-17-21-20(29-23(26)30-21)14-11-8-6-5-7-9-12-15-22(25)27-2/h5,7-8,11,16-21H,3-4,6,9-10,12-15H2,1-2H3/b7-5-,11-8-,17-16+/t19-,20+,21-/m0/s1. The Hall–Kier alpha value is -2.57. The number of hydrogen-bond donors (Lipinski definition) is 0. The van der Waals surface area contributed by atoms with Crippen molar-refractivity contribution in [2.45, 2.75) is 83.0 Å². The van der Waals surface area contributed by atoms with E-state index in [1.54, 1.807) is 12.2 Å². The normalized spacial score (nSPS) is 19.9. The zero-order valence-electron chi connectivity index (χ0n) is 18.0. The van der Waals surface area contributed by atoms with Crippen molar-refractivity contribution in [2.75, 3.05) is 7.11 Å². The van der Waals surface area contributed by atoms with Crippen molar-refractivity contribution in [3.63, 3.8) is 0 Å². The summed E-state index contributed by atoms with van der Waals surface area (Å²) in [5, 5.41) is 0. The predicted molar refractivity (Wildman–Crippen MR) is 113 cm³/mol. The summed E-state index contributed by atoms with van der Waals surface area (Å²) in [6.07, 6.45) is 16.8. The maximum atomic E-state index is 11.5. The van der Waals surface area contributed by atoms with Crippen LogP contribution < -0.4 is 0 Å². The lowest BCUT2D eigenvalue weighted by Gasteiger charge is -2.13. The molecule has 0 aliphatic carbocycles. The Balaban J connectivity index is 2.39. The zero-order valence-corrected chi connectivity index (χ0v) is 18.0. The van der Waals surface area contributed by atoms with Crippen LogP contribution in [-0.2, 0) is 28.5 Å².